The van der Waals surface area contributed by atoms with Gasteiger partial charge in [-0.25, -0.2) is 0 Å². The minimum absolute atomic E-state index is 0.00794. The molecular formula is C28H40O3Si. The van der Waals surface area contributed by atoms with E-state index < -0.39 is 13.9 Å². The van der Waals surface area contributed by atoms with Crippen LogP contribution in [0.25, 0.3) is 0 Å². The van der Waals surface area contributed by atoms with Gasteiger partial charge in [-0.3, -0.25) is 4.79 Å². The summed E-state index contributed by atoms with van der Waals surface area (Å²) in [5.41, 5.74) is -0.395. The van der Waals surface area contributed by atoms with Crippen molar-refractivity contribution in [3.63, 3.8) is 0 Å². The second-order valence-electron chi connectivity index (χ2n) is 11.1. The Labute approximate surface area is 195 Å². The zero-order valence-corrected chi connectivity index (χ0v) is 21.7. The SMILES string of the molecule is CC(C)(C)OC(=O)[C@@H]1C[C@H]1CCCCO[Si](c1ccccc1)(c1ccccc1)C(C)(C)C. The van der Waals surface area contributed by atoms with Crippen LogP contribution in [-0.4, -0.2) is 26.5 Å². The average molecular weight is 453 g/mol. The monoisotopic (exact) mass is 452 g/mol. The van der Waals surface area contributed by atoms with Gasteiger partial charge in [-0.2, -0.15) is 0 Å². The highest BCUT2D eigenvalue weighted by Crippen LogP contribution is 2.44. The van der Waals surface area contributed by atoms with Crippen LogP contribution in [0.15, 0.2) is 60.7 Å². The molecule has 2 aromatic carbocycles. The van der Waals surface area contributed by atoms with E-state index in [2.05, 4.69) is 81.4 Å². The summed E-state index contributed by atoms with van der Waals surface area (Å²) in [7, 11) is -2.44. The van der Waals surface area contributed by atoms with E-state index in [1.54, 1.807) is 0 Å². The molecule has 1 fully saturated rings. The normalized spacial score (nSPS) is 18.9. The standard InChI is InChI=1S/C28H40O3Si/c1-27(2,3)31-26(29)25-21-22(25)15-13-14-20-30-32(28(4,5)6,23-16-9-7-10-17-23)24-18-11-8-12-19-24/h7-12,16-19,22,25H,13-15,20-21H2,1-6H3/t22-,25-/m1/s1. The predicted octanol–water partition coefficient (Wildman–Crippen LogP) is 5.71. The summed E-state index contributed by atoms with van der Waals surface area (Å²) in [6.45, 7) is 13.5. The summed E-state index contributed by atoms with van der Waals surface area (Å²) in [5, 5.41) is 2.66. The Morgan fingerprint density at radius 1 is 0.875 bits per heavy atom. The first kappa shape index (κ1) is 24.7. The Bertz CT molecular complexity index is 826. The number of unbranched alkanes of at least 4 members (excludes halogenated alkanes) is 1. The van der Waals surface area contributed by atoms with Gasteiger partial charge < -0.3 is 9.16 Å². The summed E-state index contributed by atoms with van der Waals surface area (Å²) < 4.78 is 12.5. The summed E-state index contributed by atoms with van der Waals surface area (Å²) >= 11 is 0. The van der Waals surface area contributed by atoms with Gasteiger partial charge in [0.15, 0.2) is 0 Å². The van der Waals surface area contributed by atoms with E-state index in [1.165, 1.54) is 10.4 Å². The van der Waals surface area contributed by atoms with Crippen LogP contribution in [0.3, 0.4) is 0 Å². The molecule has 0 saturated heterocycles. The van der Waals surface area contributed by atoms with E-state index in [9.17, 15) is 4.79 Å². The molecular weight excluding hydrogens is 412 g/mol. The van der Waals surface area contributed by atoms with Gasteiger partial charge in [0, 0.05) is 6.61 Å². The van der Waals surface area contributed by atoms with Crippen molar-refractivity contribution in [2.24, 2.45) is 11.8 Å². The molecule has 32 heavy (non-hydrogen) atoms. The summed E-state index contributed by atoms with van der Waals surface area (Å²) in [5.74, 6) is 0.565. The number of carbonyl (C=O) groups excluding carboxylic acids is 1. The highest BCUT2D eigenvalue weighted by molar-refractivity contribution is 6.99. The highest BCUT2D eigenvalue weighted by Gasteiger charge is 2.50. The van der Waals surface area contributed by atoms with Crippen LogP contribution in [0.2, 0.25) is 5.04 Å². The molecule has 2 atom stereocenters. The Morgan fingerprint density at radius 2 is 1.41 bits per heavy atom. The number of rotatable bonds is 9. The van der Waals surface area contributed by atoms with Crippen LogP contribution >= 0.6 is 0 Å². The molecule has 1 aliphatic rings. The summed E-state index contributed by atoms with van der Waals surface area (Å²) in [4.78, 5) is 12.2. The van der Waals surface area contributed by atoms with Gasteiger partial charge in [-0.1, -0.05) is 87.9 Å². The summed E-state index contributed by atoms with van der Waals surface area (Å²) in [6, 6.07) is 21.6. The number of esters is 1. The van der Waals surface area contributed by atoms with E-state index >= 15 is 0 Å². The lowest BCUT2D eigenvalue weighted by atomic mass is 10.1. The first-order valence-corrected chi connectivity index (χ1v) is 13.9. The zero-order valence-electron chi connectivity index (χ0n) is 20.7. The third kappa shape index (κ3) is 5.90. The van der Waals surface area contributed by atoms with Crippen LogP contribution in [0.4, 0.5) is 0 Å². The molecule has 3 nitrogen and oxygen atoms in total. The van der Waals surface area contributed by atoms with E-state index in [1.807, 2.05) is 20.8 Å². The van der Waals surface area contributed by atoms with Crippen LogP contribution in [0.5, 0.6) is 0 Å². The van der Waals surface area contributed by atoms with Crippen molar-refractivity contribution < 1.29 is 14.0 Å². The van der Waals surface area contributed by atoms with Crippen LogP contribution in [0, 0.1) is 11.8 Å². The molecule has 3 rings (SSSR count). The quantitative estimate of drug-likeness (QED) is 0.278. The zero-order chi connectivity index (χ0) is 23.4. The molecule has 0 aliphatic heterocycles. The molecule has 4 heteroatoms. The number of ether oxygens (including phenoxy) is 1. The van der Waals surface area contributed by atoms with Crippen molar-refractivity contribution in [3.8, 4) is 0 Å². The predicted molar refractivity (Wildman–Crippen MR) is 135 cm³/mol. The second kappa shape index (κ2) is 9.92. The Kier molecular flexibility index (Phi) is 7.67. The number of carbonyl (C=O) groups is 1. The van der Waals surface area contributed by atoms with Gasteiger partial charge in [0.05, 0.1) is 5.92 Å². The average Bonchev–Trinajstić information content (AvgIpc) is 3.50. The molecule has 0 aromatic heterocycles. The fraction of sp³-hybridized carbons (Fsp3) is 0.536. The third-order valence-electron chi connectivity index (χ3n) is 6.34. The van der Waals surface area contributed by atoms with Crippen molar-refractivity contribution >= 4 is 24.7 Å². The maximum Gasteiger partial charge on any atom is 0.309 e. The smallest absolute Gasteiger partial charge is 0.309 e. The van der Waals surface area contributed by atoms with Crippen molar-refractivity contribution in [2.45, 2.75) is 77.9 Å². The molecule has 0 bridgehead atoms. The maximum absolute atomic E-state index is 12.2. The van der Waals surface area contributed by atoms with Crippen LogP contribution in [-0.2, 0) is 14.0 Å². The lowest BCUT2D eigenvalue weighted by Gasteiger charge is -2.43. The van der Waals surface area contributed by atoms with Crippen molar-refractivity contribution in [3.05, 3.63) is 60.7 Å². The van der Waals surface area contributed by atoms with Gasteiger partial charge in [-0.05, 0) is 61.4 Å². The first-order valence-electron chi connectivity index (χ1n) is 12.0. The highest BCUT2D eigenvalue weighted by atomic mass is 28.4. The molecule has 2 aromatic rings. The number of hydrogen-bond donors (Lipinski definition) is 0. The van der Waals surface area contributed by atoms with Gasteiger partial charge in [0.25, 0.3) is 8.32 Å². The lowest BCUT2D eigenvalue weighted by molar-refractivity contribution is -0.156. The fourth-order valence-corrected chi connectivity index (χ4v) is 9.33. The van der Waals surface area contributed by atoms with E-state index in [0.29, 0.717) is 5.92 Å². The Hall–Kier alpha value is -1.91. The van der Waals surface area contributed by atoms with Crippen molar-refractivity contribution in [2.75, 3.05) is 6.61 Å². The minimum atomic E-state index is -2.44. The molecule has 0 radical (unpaired) electrons. The van der Waals surface area contributed by atoms with Gasteiger partial charge in [0.1, 0.15) is 5.60 Å². The van der Waals surface area contributed by atoms with E-state index in [0.717, 1.165) is 32.3 Å². The molecule has 174 valence electrons. The van der Waals surface area contributed by atoms with E-state index in [-0.39, 0.29) is 16.9 Å². The van der Waals surface area contributed by atoms with Crippen molar-refractivity contribution in [1.82, 2.24) is 0 Å². The third-order valence-corrected chi connectivity index (χ3v) is 11.4. The molecule has 1 aliphatic carbocycles. The lowest BCUT2D eigenvalue weighted by Crippen LogP contribution is -2.66. The van der Waals surface area contributed by atoms with Gasteiger partial charge in [-0.15, -0.1) is 0 Å². The minimum Gasteiger partial charge on any atom is -0.460 e. The second-order valence-corrected chi connectivity index (χ2v) is 15.4. The molecule has 1 saturated carbocycles. The van der Waals surface area contributed by atoms with Gasteiger partial charge >= 0.3 is 5.97 Å². The van der Waals surface area contributed by atoms with Gasteiger partial charge in [0.2, 0.25) is 0 Å². The number of hydrogen-bond acceptors (Lipinski definition) is 3. The van der Waals surface area contributed by atoms with E-state index in [4.69, 9.17) is 9.16 Å². The fourth-order valence-electron chi connectivity index (χ4n) is 4.73. The first-order chi connectivity index (χ1) is 15.0. The molecule has 0 unspecified atom stereocenters. The Balaban J connectivity index is 1.62. The maximum atomic E-state index is 12.2. The van der Waals surface area contributed by atoms with Crippen molar-refractivity contribution in [1.29, 1.82) is 0 Å². The molecule has 0 spiro atoms. The largest absolute Gasteiger partial charge is 0.460 e. The number of benzene rings is 2. The topological polar surface area (TPSA) is 35.5 Å². The molecule has 0 amide bonds. The Morgan fingerprint density at radius 3 is 1.88 bits per heavy atom. The van der Waals surface area contributed by atoms with Crippen LogP contribution in [0.1, 0.15) is 67.2 Å². The molecule has 0 heterocycles. The molecule has 0 N–H and O–H groups in total. The summed E-state index contributed by atoms with van der Waals surface area (Å²) in [6.07, 6.45) is 4.16. The van der Waals surface area contributed by atoms with Crippen LogP contribution < -0.4 is 10.4 Å².